The fourth-order valence-electron chi connectivity index (χ4n) is 10.1. The molecular formula is C63H57N3O. The second-order valence-electron chi connectivity index (χ2n) is 20.0. The predicted octanol–water partition coefficient (Wildman–Crippen LogP) is 16.6. The van der Waals surface area contributed by atoms with Crippen molar-refractivity contribution in [3.05, 3.63) is 245 Å². The summed E-state index contributed by atoms with van der Waals surface area (Å²) in [6, 6.07) is 67.6. The summed E-state index contributed by atoms with van der Waals surface area (Å²) >= 11 is 0. The number of ether oxygens (including phenoxy) is 1. The summed E-state index contributed by atoms with van der Waals surface area (Å²) in [6.45, 7) is 17.9. The average Bonchev–Trinajstić information content (AvgIpc) is 3.63. The van der Waals surface area contributed by atoms with E-state index < -0.39 is 5.41 Å². The summed E-state index contributed by atoms with van der Waals surface area (Å²) in [4.78, 5) is 12.5. The van der Waals surface area contributed by atoms with Crippen LogP contribution in [0.1, 0.15) is 86.2 Å². The van der Waals surface area contributed by atoms with E-state index in [9.17, 15) is 0 Å². The molecule has 0 bridgehead atoms. The number of hydrogen-bond acceptors (Lipinski definition) is 4. The van der Waals surface area contributed by atoms with Gasteiger partial charge in [0.05, 0.1) is 16.8 Å². The van der Waals surface area contributed by atoms with Gasteiger partial charge in [-0.1, -0.05) is 151 Å². The molecule has 9 aromatic rings. The molecule has 7 aromatic carbocycles. The standard InChI is InChI=1S/C63H57N3O/c1-42-17-15-18-43(2)60(42)45-37-44(58-41-51(34-36-64-58)66(49-30-26-46(27-31-49)61(3,4)5)50-32-28-47(29-33-50)62(6,7)8)38-53(39-45)67-52-20-16-19-48(40-52)63(59-25-13-14-35-65-59)56-23-11-9-21-54(56)55-22-10-12-24-57(55)63/h9-41H,1-8H3. The largest absolute Gasteiger partial charge is 0.457 e. The van der Waals surface area contributed by atoms with E-state index in [1.54, 1.807) is 0 Å². The summed E-state index contributed by atoms with van der Waals surface area (Å²) in [7, 11) is 0. The molecule has 67 heavy (non-hydrogen) atoms. The van der Waals surface area contributed by atoms with Gasteiger partial charge in [-0.2, -0.15) is 0 Å². The number of fused-ring (bicyclic) bond motifs is 3. The lowest BCUT2D eigenvalue weighted by atomic mass is 9.70. The lowest BCUT2D eigenvalue weighted by Gasteiger charge is -2.32. The summed E-state index contributed by atoms with van der Waals surface area (Å²) in [5.74, 6) is 1.47. The van der Waals surface area contributed by atoms with Crippen LogP contribution in [-0.4, -0.2) is 9.97 Å². The molecule has 0 N–H and O–H groups in total. The maximum atomic E-state index is 7.07. The predicted molar refractivity (Wildman–Crippen MR) is 278 cm³/mol. The molecule has 0 atom stereocenters. The molecule has 0 unspecified atom stereocenters. The molecule has 0 radical (unpaired) electrons. The Morgan fingerprint density at radius 3 is 1.60 bits per heavy atom. The summed E-state index contributed by atoms with van der Waals surface area (Å²) in [6.07, 6.45) is 3.82. The number of benzene rings is 7. The highest BCUT2D eigenvalue weighted by Gasteiger charge is 2.47. The molecule has 4 heteroatoms. The Hall–Kier alpha value is -7.56. The summed E-state index contributed by atoms with van der Waals surface area (Å²) < 4.78 is 7.07. The minimum atomic E-state index is -0.643. The molecule has 1 aliphatic carbocycles. The third-order valence-electron chi connectivity index (χ3n) is 13.5. The van der Waals surface area contributed by atoms with Crippen molar-refractivity contribution in [3.63, 3.8) is 0 Å². The van der Waals surface area contributed by atoms with Crippen LogP contribution in [0.5, 0.6) is 11.5 Å². The van der Waals surface area contributed by atoms with Gasteiger partial charge in [-0.05, 0) is 165 Å². The number of anilines is 3. The van der Waals surface area contributed by atoms with Crippen molar-refractivity contribution in [1.82, 2.24) is 9.97 Å². The first-order chi connectivity index (χ1) is 32.3. The van der Waals surface area contributed by atoms with Gasteiger partial charge in [0.2, 0.25) is 0 Å². The molecule has 0 saturated heterocycles. The van der Waals surface area contributed by atoms with Crippen molar-refractivity contribution in [2.24, 2.45) is 0 Å². The Labute approximate surface area is 396 Å². The Morgan fingerprint density at radius 1 is 0.448 bits per heavy atom. The van der Waals surface area contributed by atoms with Crippen LogP contribution < -0.4 is 9.64 Å². The minimum Gasteiger partial charge on any atom is -0.457 e. The van der Waals surface area contributed by atoms with Crippen molar-refractivity contribution in [2.75, 3.05) is 4.90 Å². The van der Waals surface area contributed by atoms with Gasteiger partial charge in [0, 0.05) is 35.0 Å². The summed E-state index contributed by atoms with van der Waals surface area (Å²) in [5.41, 5.74) is 18.6. The van der Waals surface area contributed by atoms with E-state index >= 15 is 0 Å². The zero-order chi connectivity index (χ0) is 46.5. The quantitative estimate of drug-likeness (QED) is 0.145. The normalized spacial score (nSPS) is 12.9. The van der Waals surface area contributed by atoms with Gasteiger partial charge in [0.15, 0.2) is 0 Å². The fourth-order valence-corrected chi connectivity index (χ4v) is 10.1. The van der Waals surface area contributed by atoms with Crippen molar-refractivity contribution < 1.29 is 4.74 Å². The zero-order valence-corrected chi connectivity index (χ0v) is 39.8. The van der Waals surface area contributed by atoms with Gasteiger partial charge < -0.3 is 9.64 Å². The van der Waals surface area contributed by atoms with Crippen LogP contribution in [0, 0.1) is 13.8 Å². The molecule has 2 heterocycles. The number of hydrogen-bond donors (Lipinski definition) is 0. The number of rotatable bonds is 9. The van der Waals surface area contributed by atoms with Crippen LogP contribution in [0.15, 0.2) is 200 Å². The number of nitrogens with zero attached hydrogens (tertiary/aromatic N) is 3. The Kier molecular flexibility index (Phi) is 11.0. The molecule has 0 saturated carbocycles. The van der Waals surface area contributed by atoms with Gasteiger partial charge in [-0.3, -0.25) is 9.97 Å². The van der Waals surface area contributed by atoms with Crippen LogP contribution in [0.2, 0.25) is 0 Å². The van der Waals surface area contributed by atoms with Crippen molar-refractivity contribution >= 4 is 17.1 Å². The van der Waals surface area contributed by atoms with Gasteiger partial charge in [-0.25, -0.2) is 0 Å². The smallest absolute Gasteiger partial charge is 0.128 e. The maximum Gasteiger partial charge on any atom is 0.128 e. The van der Waals surface area contributed by atoms with E-state index in [1.807, 2.05) is 18.5 Å². The van der Waals surface area contributed by atoms with E-state index in [-0.39, 0.29) is 10.8 Å². The van der Waals surface area contributed by atoms with Crippen molar-refractivity contribution in [2.45, 2.75) is 71.6 Å². The third kappa shape index (κ3) is 8.01. The molecule has 4 nitrogen and oxygen atoms in total. The van der Waals surface area contributed by atoms with Crippen LogP contribution >= 0.6 is 0 Å². The molecule has 0 fully saturated rings. The van der Waals surface area contributed by atoms with Crippen molar-refractivity contribution in [1.29, 1.82) is 0 Å². The highest BCUT2D eigenvalue weighted by atomic mass is 16.5. The second kappa shape index (κ2) is 17.0. The lowest BCUT2D eigenvalue weighted by Crippen LogP contribution is -2.29. The summed E-state index contributed by atoms with van der Waals surface area (Å²) in [5, 5.41) is 0. The molecule has 1 aliphatic rings. The number of aromatic nitrogens is 2. The Balaban J connectivity index is 1.10. The monoisotopic (exact) mass is 871 g/mol. The highest BCUT2D eigenvalue weighted by Crippen LogP contribution is 2.56. The molecule has 0 aliphatic heterocycles. The lowest BCUT2D eigenvalue weighted by molar-refractivity contribution is 0.481. The van der Waals surface area contributed by atoms with Crippen LogP contribution in [-0.2, 0) is 16.2 Å². The Bertz CT molecular complexity index is 3120. The molecule has 10 rings (SSSR count). The first-order valence-corrected chi connectivity index (χ1v) is 23.4. The van der Waals surface area contributed by atoms with Crippen LogP contribution in [0.3, 0.4) is 0 Å². The average molecular weight is 872 g/mol. The van der Waals surface area contributed by atoms with E-state index in [1.165, 1.54) is 50.1 Å². The molecule has 0 spiro atoms. The molecule has 0 amide bonds. The molecule has 330 valence electrons. The number of aryl methyl sites for hydroxylation is 2. The second-order valence-corrected chi connectivity index (χ2v) is 20.0. The number of pyridine rings is 2. The first-order valence-electron chi connectivity index (χ1n) is 23.4. The highest BCUT2D eigenvalue weighted by molar-refractivity contribution is 5.86. The van der Waals surface area contributed by atoms with E-state index in [0.717, 1.165) is 56.6 Å². The van der Waals surface area contributed by atoms with Gasteiger partial charge in [0.1, 0.15) is 11.5 Å². The van der Waals surface area contributed by atoms with E-state index in [4.69, 9.17) is 14.7 Å². The van der Waals surface area contributed by atoms with Gasteiger partial charge in [-0.15, -0.1) is 0 Å². The molecular weight excluding hydrogens is 815 g/mol. The molecule has 2 aromatic heterocycles. The minimum absolute atomic E-state index is 0.0387. The SMILES string of the molecule is Cc1cccc(C)c1-c1cc(Oc2cccc(C3(c4ccccn4)c4ccccc4-c4ccccc43)c2)cc(-c2cc(N(c3ccc(C(C)(C)C)cc3)c3ccc(C(C)(C)C)cc3)ccn2)c1. The van der Waals surface area contributed by atoms with E-state index in [0.29, 0.717) is 0 Å². The zero-order valence-electron chi connectivity index (χ0n) is 39.8. The van der Waals surface area contributed by atoms with E-state index in [2.05, 4.69) is 242 Å². The van der Waals surface area contributed by atoms with Crippen molar-refractivity contribution in [3.8, 4) is 45.0 Å². The topological polar surface area (TPSA) is 38.2 Å². The van der Waals surface area contributed by atoms with Gasteiger partial charge >= 0.3 is 0 Å². The van der Waals surface area contributed by atoms with Crippen LogP contribution in [0.25, 0.3) is 33.5 Å². The maximum absolute atomic E-state index is 7.07. The fraction of sp³-hybridized carbons (Fsp3) is 0.175. The van der Waals surface area contributed by atoms with Gasteiger partial charge in [0.25, 0.3) is 0 Å². The van der Waals surface area contributed by atoms with Crippen LogP contribution in [0.4, 0.5) is 17.1 Å². The Morgan fingerprint density at radius 2 is 1.01 bits per heavy atom. The third-order valence-corrected chi connectivity index (χ3v) is 13.5. The first kappa shape index (κ1) is 43.3.